The summed E-state index contributed by atoms with van der Waals surface area (Å²) in [6, 6.07) is 4.39. The third-order valence-electron chi connectivity index (χ3n) is 1.65. The van der Waals surface area contributed by atoms with Gasteiger partial charge in [0.05, 0.1) is 10.7 Å². The van der Waals surface area contributed by atoms with E-state index in [9.17, 15) is 13.2 Å². The lowest BCUT2D eigenvalue weighted by molar-refractivity contribution is -0.274. The number of hydrogen-bond donors (Lipinski definition) is 0. The second-order valence-corrected chi connectivity index (χ2v) is 3.44. The Balaban J connectivity index is 3.14. The van der Waals surface area contributed by atoms with Crippen LogP contribution in [0.15, 0.2) is 18.2 Å². The molecule has 15 heavy (non-hydrogen) atoms. The van der Waals surface area contributed by atoms with Gasteiger partial charge in [0.1, 0.15) is 0 Å². The predicted octanol–water partition coefficient (Wildman–Crippen LogP) is 3.30. The number of anilines is 1. The van der Waals surface area contributed by atoms with Crippen molar-refractivity contribution in [3.63, 3.8) is 0 Å². The first-order valence-corrected chi connectivity index (χ1v) is 4.40. The Morgan fingerprint density at radius 3 is 2.33 bits per heavy atom. The van der Waals surface area contributed by atoms with Crippen molar-refractivity contribution in [2.45, 2.75) is 6.36 Å². The molecule has 0 atom stereocenters. The highest BCUT2D eigenvalue weighted by molar-refractivity contribution is 6.32. The Kier molecular flexibility index (Phi) is 3.34. The lowest BCUT2D eigenvalue weighted by atomic mass is 10.3. The third kappa shape index (κ3) is 3.20. The van der Waals surface area contributed by atoms with Crippen molar-refractivity contribution in [2.75, 3.05) is 19.0 Å². The molecule has 0 aliphatic carbocycles. The summed E-state index contributed by atoms with van der Waals surface area (Å²) < 4.78 is 40.0. The van der Waals surface area contributed by atoms with Crippen LogP contribution in [-0.2, 0) is 0 Å². The van der Waals surface area contributed by atoms with E-state index >= 15 is 0 Å². The average molecular weight is 240 g/mol. The van der Waals surface area contributed by atoms with E-state index in [0.29, 0.717) is 0 Å². The maximum absolute atomic E-state index is 12.1. The zero-order valence-corrected chi connectivity index (χ0v) is 8.86. The molecule has 0 fully saturated rings. The molecule has 1 aromatic rings. The molecule has 1 rings (SSSR count). The van der Waals surface area contributed by atoms with E-state index in [-0.39, 0.29) is 16.5 Å². The fourth-order valence-corrected chi connectivity index (χ4v) is 1.27. The van der Waals surface area contributed by atoms with Gasteiger partial charge in [0.2, 0.25) is 0 Å². The molecule has 0 N–H and O–H groups in total. The summed E-state index contributed by atoms with van der Waals surface area (Å²) in [7, 11) is 3.21. The van der Waals surface area contributed by atoms with E-state index in [1.165, 1.54) is 17.0 Å². The zero-order valence-electron chi connectivity index (χ0n) is 8.10. The first-order chi connectivity index (χ1) is 6.81. The SMILES string of the molecule is CN(C)c1cccc(Cl)c1OC(F)(F)F. The summed E-state index contributed by atoms with van der Waals surface area (Å²) in [4.78, 5) is 1.49. The minimum Gasteiger partial charge on any atom is -0.402 e. The maximum Gasteiger partial charge on any atom is 0.573 e. The van der Waals surface area contributed by atoms with Crippen LogP contribution in [-0.4, -0.2) is 20.5 Å². The maximum atomic E-state index is 12.1. The molecule has 0 saturated heterocycles. The fourth-order valence-electron chi connectivity index (χ4n) is 1.07. The summed E-state index contributed by atoms with van der Waals surface area (Å²) in [5.41, 5.74) is 0.278. The smallest absolute Gasteiger partial charge is 0.402 e. The van der Waals surface area contributed by atoms with Gasteiger partial charge in [-0.1, -0.05) is 17.7 Å². The van der Waals surface area contributed by atoms with Gasteiger partial charge in [-0.15, -0.1) is 13.2 Å². The van der Waals surface area contributed by atoms with E-state index in [0.717, 1.165) is 0 Å². The molecule has 0 aliphatic heterocycles. The molecule has 0 aromatic heterocycles. The quantitative estimate of drug-likeness (QED) is 0.785. The number of rotatable bonds is 2. The second kappa shape index (κ2) is 4.18. The molecule has 0 amide bonds. The summed E-state index contributed by atoms with van der Waals surface area (Å²) in [5, 5.41) is -0.0708. The second-order valence-electron chi connectivity index (χ2n) is 3.03. The van der Waals surface area contributed by atoms with Gasteiger partial charge in [-0.2, -0.15) is 0 Å². The summed E-state index contributed by atoms with van der Waals surface area (Å²) in [6.07, 6.45) is -4.74. The van der Waals surface area contributed by atoms with Crippen molar-refractivity contribution in [1.82, 2.24) is 0 Å². The van der Waals surface area contributed by atoms with Crippen molar-refractivity contribution in [3.05, 3.63) is 23.2 Å². The largest absolute Gasteiger partial charge is 0.573 e. The number of benzene rings is 1. The molecule has 0 radical (unpaired) electrons. The number of alkyl halides is 3. The highest BCUT2D eigenvalue weighted by Crippen LogP contribution is 2.37. The molecule has 0 saturated carbocycles. The van der Waals surface area contributed by atoms with Gasteiger partial charge in [-0.05, 0) is 12.1 Å². The molecule has 84 valence electrons. The molecule has 0 aliphatic rings. The van der Waals surface area contributed by atoms with Crippen LogP contribution < -0.4 is 9.64 Å². The Morgan fingerprint density at radius 2 is 1.87 bits per heavy atom. The van der Waals surface area contributed by atoms with Crippen LogP contribution in [0.2, 0.25) is 5.02 Å². The topological polar surface area (TPSA) is 12.5 Å². The number of hydrogen-bond acceptors (Lipinski definition) is 2. The van der Waals surface area contributed by atoms with Gasteiger partial charge in [0.25, 0.3) is 0 Å². The Hall–Kier alpha value is -1.10. The van der Waals surface area contributed by atoms with Crippen molar-refractivity contribution in [3.8, 4) is 5.75 Å². The normalized spacial score (nSPS) is 11.3. The molecule has 6 heteroatoms. The van der Waals surface area contributed by atoms with Crippen LogP contribution in [0.3, 0.4) is 0 Å². The average Bonchev–Trinajstić information content (AvgIpc) is 2.05. The first kappa shape index (κ1) is 12.0. The van der Waals surface area contributed by atoms with E-state index in [2.05, 4.69) is 4.74 Å². The van der Waals surface area contributed by atoms with Gasteiger partial charge in [-0.25, -0.2) is 0 Å². The highest BCUT2D eigenvalue weighted by Gasteiger charge is 2.33. The minimum absolute atomic E-state index is 0.0708. The molecule has 0 bridgehead atoms. The minimum atomic E-state index is -4.74. The van der Waals surface area contributed by atoms with Crippen LogP contribution in [0.4, 0.5) is 18.9 Å². The number of ether oxygens (including phenoxy) is 1. The Labute approximate surface area is 90.2 Å². The molecule has 2 nitrogen and oxygen atoms in total. The van der Waals surface area contributed by atoms with Crippen molar-refractivity contribution in [1.29, 1.82) is 0 Å². The lowest BCUT2D eigenvalue weighted by Crippen LogP contribution is -2.20. The molecule has 0 heterocycles. The molecular formula is C9H9ClF3NO. The predicted molar refractivity (Wildman–Crippen MR) is 52.5 cm³/mol. The zero-order chi connectivity index (χ0) is 11.6. The van der Waals surface area contributed by atoms with E-state index < -0.39 is 6.36 Å². The van der Waals surface area contributed by atoms with Gasteiger partial charge in [-0.3, -0.25) is 0 Å². The Bertz CT molecular complexity index is 352. The fraction of sp³-hybridized carbons (Fsp3) is 0.333. The van der Waals surface area contributed by atoms with Gasteiger partial charge < -0.3 is 9.64 Å². The lowest BCUT2D eigenvalue weighted by Gasteiger charge is -2.19. The monoisotopic (exact) mass is 239 g/mol. The summed E-state index contributed by atoms with van der Waals surface area (Å²) >= 11 is 5.63. The van der Waals surface area contributed by atoms with Gasteiger partial charge in [0, 0.05) is 14.1 Å². The van der Waals surface area contributed by atoms with Crippen molar-refractivity contribution >= 4 is 17.3 Å². The van der Waals surface area contributed by atoms with Crippen molar-refractivity contribution < 1.29 is 17.9 Å². The molecular weight excluding hydrogens is 231 g/mol. The summed E-state index contributed by atoms with van der Waals surface area (Å²) in [6.45, 7) is 0. The van der Waals surface area contributed by atoms with Gasteiger partial charge >= 0.3 is 6.36 Å². The first-order valence-electron chi connectivity index (χ1n) is 4.03. The van der Waals surface area contributed by atoms with Crippen LogP contribution in [0.1, 0.15) is 0 Å². The van der Waals surface area contributed by atoms with E-state index in [4.69, 9.17) is 11.6 Å². The number of nitrogens with zero attached hydrogens (tertiary/aromatic N) is 1. The molecule has 0 unspecified atom stereocenters. The van der Waals surface area contributed by atoms with E-state index in [1.54, 1.807) is 20.2 Å². The van der Waals surface area contributed by atoms with Crippen LogP contribution in [0, 0.1) is 0 Å². The van der Waals surface area contributed by atoms with Crippen LogP contribution >= 0.6 is 11.6 Å². The standard InChI is InChI=1S/C9H9ClF3NO/c1-14(2)7-5-3-4-6(10)8(7)15-9(11,12)13/h3-5H,1-2H3. The van der Waals surface area contributed by atoms with E-state index in [1.807, 2.05) is 0 Å². The van der Waals surface area contributed by atoms with Crippen molar-refractivity contribution in [2.24, 2.45) is 0 Å². The third-order valence-corrected chi connectivity index (χ3v) is 1.94. The molecule has 0 spiro atoms. The van der Waals surface area contributed by atoms with Crippen LogP contribution in [0.5, 0.6) is 5.75 Å². The number of para-hydroxylation sites is 1. The number of halogens is 4. The molecule has 1 aromatic carbocycles. The highest BCUT2D eigenvalue weighted by atomic mass is 35.5. The van der Waals surface area contributed by atoms with Gasteiger partial charge in [0.15, 0.2) is 5.75 Å². The Morgan fingerprint density at radius 1 is 1.27 bits per heavy atom. The van der Waals surface area contributed by atoms with Crippen LogP contribution in [0.25, 0.3) is 0 Å². The summed E-state index contributed by atoms with van der Waals surface area (Å²) in [5.74, 6) is -0.378.